The summed E-state index contributed by atoms with van der Waals surface area (Å²) in [7, 11) is 0. The fourth-order valence-corrected chi connectivity index (χ4v) is 3.19. The molecule has 0 aromatic heterocycles. The molecule has 2 bridgehead atoms. The van der Waals surface area contributed by atoms with Gasteiger partial charge in [0.1, 0.15) is 11.6 Å². The maximum absolute atomic E-state index is 13.6. The van der Waals surface area contributed by atoms with Gasteiger partial charge in [-0.15, -0.1) is 0 Å². The Labute approximate surface area is 93.9 Å². The highest BCUT2D eigenvalue weighted by atomic mass is 19.1. The molecule has 2 atom stereocenters. The summed E-state index contributed by atoms with van der Waals surface area (Å²) in [6.07, 6.45) is 4.04. The van der Waals surface area contributed by atoms with Gasteiger partial charge in [0.05, 0.1) is 0 Å². The quantitative estimate of drug-likeness (QED) is 0.771. The summed E-state index contributed by atoms with van der Waals surface area (Å²) in [5.41, 5.74) is 0.306. The molecule has 16 heavy (non-hydrogen) atoms. The molecule has 2 aliphatic heterocycles. The lowest BCUT2D eigenvalue weighted by Crippen LogP contribution is -2.37. The molecule has 2 heterocycles. The van der Waals surface area contributed by atoms with Gasteiger partial charge < -0.3 is 5.32 Å². The van der Waals surface area contributed by atoms with Gasteiger partial charge in [-0.2, -0.15) is 0 Å². The second-order valence-electron chi connectivity index (χ2n) is 4.94. The van der Waals surface area contributed by atoms with E-state index >= 15 is 0 Å². The Morgan fingerprint density at radius 3 is 2.12 bits per heavy atom. The van der Waals surface area contributed by atoms with Crippen LogP contribution in [0.4, 0.5) is 8.78 Å². The smallest absolute Gasteiger partial charge is 0.129 e. The van der Waals surface area contributed by atoms with E-state index in [4.69, 9.17) is 0 Å². The maximum Gasteiger partial charge on any atom is 0.129 e. The van der Waals surface area contributed by atoms with Crippen molar-refractivity contribution in [2.45, 2.75) is 43.7 Å². The Balaban J connectivity index is 1.92. The predicted molar refractivity (Wildman–Crippen MR) is 58.3 cm³/mol. The SMILES string of the molecule is Fc1cccc(F)c1C1CC2CCC(C1)N2. The van der Waals surface area contributed by atoms with Crippen molar-refractivity contribution in [1.29, 1.82) is 0 Å². The van der Waals surface area contributed by atoms with Gasteiger partial charge in [-0.3, -0.25) is 0 Å². The van der Waals surface area contributed by atoms with Crippen LogP contribution in [0.1, 0.15) is 37.2 Å². The molecular weight excluding hydrogens is 208 g/mol. The molecule has 2 saturated heterocycles. The molecule has 2 aliphatic rings. The topological polar surface area (TPSA) is 12.0 Å². The Morgan fingerprint density at radius 1 is 1.00 bits per heavy atom. The molecule has 1 N–H and O–H groups in total. The highest BCUT2D eigenvalue weighted by Crippen LogP contribution is 2.38. The summed E-state index contributed by atoms with van der Waals surface area (Å²) in [6, 6.07) is 5.08. The average Bonchev–Trinajstić information content (AvgIpc) is 2.58. The lowest BCUT2D eigenvalue weighted by molar-refractivity contribution is 0.348. The van der Waals surface area contributed by atoms with Crippen LogP contribution in [0.15, 0.2) is 18.2 Å². The number of fused-ring (bicyclic) bond motifs is 2. The Hall–Kier alpha value is -0.960. The first-order chi connectivity index (χ1) is 7.74. The van der Waals surface area contributed by atoms with Crippen LogP contribution in [-0.2, 0) is 0 Å². The normalized spacial score (nSPS) is 33.0. The molecule has 3 rings (SSSR count). The first-order valence-corrected chi connectivity index (χ1v) is 5.94. The van der Waals surface area contributed by atoms with Gasteiger partial charge >= 0.3 is 0 Å². The summed E-state index contributed by atoms with van der Waals surface area (Å²) in [5, 5.41) is 3.48. The summed E-state index contributed by atoms with van der Waals surface area (Å²) >= 11 is 0. The van der Waals surface area contributed by atoms with Crippen LogP contribution >= 0.6 is 0 Å². The number of hydrogen-bond donors (Lipinski definition) is 1. The maximum atomic E-state index is 13.6. The number of hydrogen-bond acceptors (Lipinski definition) is 1. The van der Waals surface area contributed by atoms with E-state index in [1.165, 1.54) is 18.2 Å². The molecular formula is C13H15F2N. The highest BCUT2D eigenvalue weighted by Gasteiger charge is 2.36. The number of benzene rings is 1. The van der Waals surface area contributed by atoms with Gasteiger partial charge in [0.2, 0.25) is 0 Å². The van der Waals surface area contributed by atoms with Crippen LogP contribution in [-0.4, -0.2) is 12.1 Å². The van der Waals surface area contributed by atoms with Crippen molar-refractivity contribution in [1.82, 2.24) is 5.32 Å². The highest BCUT2D eigenvalue weighted by molar-refractivity contribution is 5.25. The molecule has 1 aromatic carbocycles. The number of piperidine rings is 1. The van der Waals surface area contributed by atoms with E-state index in [0.29, 0.717) is 17.6 Å². The van der Waals surface area contributed by atoms with Crippen LogP contribution in [0.25, 0.3) is 0 Å². The molecule has 0 saturated carbocycles. The molecule has 0 spiro atoms. The molecule has 3 heteroatoms. The van der Waals surface area contributed by atoms with Crippen molar-refractivity contribution < 1.29 is 8.78 Å². The minimum Gasteiger partial charge on any atom is -0.311 e. The van der Waals surface area contributed by atoms with E-state index in [1.807, 2.05) is 0 Å². The summed E-state index contributed by atoms with van der Waals surface area (Å²) in [6.45, 7) is 0. The van der Waals surface area contributed by atoms with E-state index in [9.17, 15) is 8.78 Å². The third kappa shape index (κ3) is 1.63. The van der Waals surface area contributed by atoms with Crippen molar-refractivity contribution >= 4 is 0 Å². The molecule has 2 unspecified atom stereocenters. The molecule has 86 valence electrons. The van der Waals surface area contributed by atoms with Crippen molar-refractivity contribution in [2.75, 3.05) is 0 Å². The van der Waals surface area contributed by atoms with Gasteiger partial charge in [-0.25, -0.2) is 8.78 Å². The van der Waals surface area contributed by atoms with Crippen molar-refractivity contribution in [3.63, 3.8) is 0 Å². The van der Waals surface area contributed by atoms with E-state index in [1.54, 1.807) is 0 Å². The van der Waals surface area contributed by atoms with E-state index in [2.05, 4.69) is 5.32 Å². The lowest BCUT2D eigenvalue weighted by atomic mass is 9.85. The van der Waals surface area contributed by atoms with Crippen LogP contribution in [0.5, 0.6) is 0 Å². The van der Waals surface area contributed by atoms with E-state index < -0.39 is 0 Å². The number of halogens is 2. The number of rotatable bonds is 1. The van der Waals surface area contributed by atoms with Gasteiger partial charge in [0.25, 0.3) is 0 Å². The molecule has 0 radical (unpaired) electrons. The Morgan fingerprint density at radius 2 is 1.56 bits per heavy atom. The van der Waals surface area contributed by atoms with Crippen LogP contribution < -0.4 is 5.32 Å². The number of nitrogens with one attached hydrogen (secondary N) is 1. The van der Waals surface area contributed by atoms with E-state index in [0.717, 1.165) is 25.7 Å². The first-order valence-electron chi connectivity index (χ1n) is 5.94. The second-order valence-corrected chi connectivity index (χ2v) is 4.94. The molecule has 1 aromatic rings. The zero-order valence-corrected chi connectivity index (χ0v) is 9.05. The lowest BCUT2D eigenvalue weighted by Gasteiger charge is -2.29. The average molecular weight is 223 g/mol. The fourth-order valence-electron chi connectivity index (χ4n) is 3.19. The Kier molecular flexibility index (Phi) is 2.43. The second kappa shape index (κ2) is 3.81. The largest absolute Gasteiger partial charge is 0.311 e. The summed E-state index contributed by atoms with van der Waals surface area (Å²) in [4.78, 5) is 0. The standard InChI is InChI=1S/C13H15F2N/c14-11-2-1-3-12(15)13(11)8-6-9-4-5-10(7-8)16-9/h1-3,8-10,16H,4-7H2. The molecule has 1 nitrogen and oxygen atoms in total. The predicted octanol–water partition coefficient (Wildman–Crippen LogP) is 2.96. The minimum atomic E-state index is -0.383. The fraction of sp³-hybridized carbons (Fsp3) is 0.538. The molecule has 0 amide bonds. The van der Waals surface area contributed by atoms with Gasteiger partial charge in [-0.1, -0.05) is 6.07 Å². The molecule has 0 aliphatic carbocycles. The van der Waals surface area contributed by atoms with E-state index in [-0.39, 0.29) is 17.6 Å². The zero-order chi connectivity index (χ0) is 11.1. The van der Waals surface area contributed by atoms with Gasteiger partial charge in [0.15, 0.2) is 0 Å². The summed E-state index contributed by atoms with van der Waals surface area (Å²) < 4.78 is 27.3. The van der Waals surface area contributed by atoms with Crippen LogP contribution in [0.3, 0.4) is 0 Å². The Bertz CT molecular complexity index is 373. The summed E-state index contributed by atoms with van der Waals surface area (Å²) in [5.74, 6) is -0.711. The third-order valence-corrected chi connectivity index (χ3v) is 3.88. The zero-order valence-electron chi connectivity index (χ0n) is 9.05. The van der Waals surface area contributed by atoms with Crippen LogP contribution in [0.2, 0.25) is 0 Å². The van der Waals surface area contributed by atoms with Gasteiger partial charge in [0, 0.05) is 17.6 Å². The minimum absolute atomic E-state index is 0.0555. The van der Waals surface area contributed by atoms with Crippen LogP contribution in [0, 0.1) is 11.6 Å². The van der Waals surface area contributed by atoms with Crippen molar-refractivity contribution in [2.24, 2.45) is 0 Å². The third-order valence-electron chi connectivity index (χ3n) is 3.88. The van der Waals surface area contributed by atoms with Gasteiger partial charge in [-0.05, 0) is 43.7 Å². The molecule has 2 fully saturated rings. The monoisotopic (exact) mass is 223 g/mol. The van der Waals surface area contributed by atoms with Crippen molar-refractivity contribution in [3.8, 4) is 0 Å². The first kappa shape index (κ1) is 10.2. The van der Waals surface area contributed by atoms with Crippen molar-refractivity contribution in [3.05, 3.63) is 35.4 Å².